The minimum atomic E-state index is 0.318. The summed E-state index contributed by atoms with van der Waals surface area (Å²) in [5, 5.41) is 3.36. The second-order valence-electron chi connectivity index (χ2n) is 6.50. The molecule has 2 aromatic rings. The maximum atomic E-state index is 4.77. The highest BCUT2D eigenvalue weighted by atomic mass is 15.2. The van der Waals surface area contributed by atoms with Crippen LogP contribution in [0.4, 0.5) is 11.8 Å². The van der Waals surface area contributed by atoms with E-state index in [0.29, 0.717) is 6.04 Å². The summed E-state index contributed by atoms with van der Waals surface area (Å²) in [6.45, 7) is 6.41. The van der Waals surface area contributed by atoms with Crippen molar-refractivity contribution in [2.24, 2.45) is 0 Å². The maximum absolute atomic E-state index is 4.77. The van der Waals surface area contributed by atoms with Gasteiger partial charge < -0.3 is 10.2 Å². The molecule has 23 heavy (non-hydrogen) atoms. The lowest BCUT2D eigenvalue weighted by Gasteiger charge is -2.23. The monoisotopic (exact) mass is 310 g/mol. The molecule has 2 heterocycles. The standard InChI is InChI=1S/C19H26N4/c1-15(2)20-19-21-17(16-10-6-5-7-11-16)14-18(22-19)23-12-8-3-4-9-13-23/h5-7,10-11,14-15H,3-4,8-9,12-13H2,1-2H3,(H,20,21,22). The summed E-state index contributed by atoms with van der Waals surface area (Å²) < 4.78 is 0. The number of nitrogens with zero attached hydrogens (tertiary/aromatic N) is 3. The second kappa shape index (κ2) is 7.44. The number of anilines is 2. The lowest BCUT2D eigenvalue weighted by molar-refractivity contribution is 0.726. The van der Waals surface area contributed by atoms with E-state index in [0.717, 1.165) is 36.1 Å². The zero-order valence-corrected chi connectivity index (χ0v) is 14.1. The molecular formula is C19H26N4. The molecular weight excluding hydrogens is 284 g/mol. The van der Waals surface area contributed by atoms with Gasteiger partial charge in [0.2, 0.25) is 5.95 Å². The fourth-order valence-corrected chi connectivity index (χ4v) is 2.98. The zero-order valence-electron chi connectivity index (χ0n) is 14.1. The Bertz CT molecular complexity index is 617. The first-order valence-electron chi connectivity index (χ1n) is 8.68. The van der Waals surface area contributed by atoms with E-state index in [-0.39, 0.29) is 0 Å². The molecule has 1 saturated heterocycles. The fraction of sp³-hybridized carbons (Fsp3) is 0.474. The predicted octanol–water partition coefficient (Wildman–Crippen LogP) is 4.34. The van der Waals surface area contributed by atoms with Crippen molar-refractivity contribution in [3.05, 3.63) is 36.4 Å². The third kappa shape index (κ3) is 4.21. The van der Waals surface area contributed by atoms with Crippen molar-refractivity contribution >= 4 is 11.8 Å². The first-order valence-corrected chi connectivity index (χ1v) is 8.68. The Balaban J connectivity index is 1.97. The van der Waals surface area contributed by atoms with E-state index in [1.165, 1.54) is 25.7 Å². The Morgan fingerprint density at radius 2 is 1.65 bits per heavy atom. The minimum Gasteiger partial charge on any atom is -0.356 e. The van der Waals surface area contributed by atoms with Crippen LogP contribution in [0.5, 0.6) is 0 Å². The molecule has 0 atom stereocenters. The molecule has 1 aromatic carbocycles. The van der Waals surface area contributed by atoms with Crippen molar-refractivity contribution in [1.82, 2.24) is 9.97 Å². The summed E-state index contributed by atoms with van der Waals surface area (Å²) >= 11 is 0. The van der Waals surface area contributed by atoms with Gasteiger partial charge in [-0.1, -0.05) is 43.2 Å². The molecule has 0 unspecified atom stereocenters. The molecule has 4 nitrogen and oxygen atoms in total. The molecule has 0 saturated carbocycles. The van der Waals surface area contributed by atoms with Gasteiger partial charge in [0.05, 0.1) is 5.69 Å². The highest BCUT2D eigenvalue weighted by Gasteiger charge is 2.15. The molecule has 4 heteroatoms. The van der Waals surface area contributed by atoms with Crippen LogP contribution < -0.4 is 10.2 Å². The smallest absolute Gasteiger partial charge is 0.225 e. The quantitative estimate of drug-likeness (QED) is 0.912. The summed E-state index contributed by atoms with van der Waals surface area (Å²) in [4.78, 5) is 11.9. The molecule has 0 radical (unpaired) electrons. The Labute approximate surface area is 139 Å². The molecule has 1 aromatic heterocycles. The summed E-state index contributed by atoms with van der Waals surface area (Å²) in [7, 11) is 0. The second-order valence-corrected chi connectivity index (χ2v) is 6.50. The van der Waals surface area contributed by atoms with Crippen molar-refractivity contribution < 1.29 is 0 Å². The van der Waals surface area contributed by atoms with E-state index in [1.807, 2.05) is 6.07 Å². The maximum Gasteiger partial charge on any atom is 0.225 e. The summed E-state index contributed by atoms with van der Waals surface area (Å²) in [6, 6.07) is 12.8. The van der Waals surface area contributed by atoms with Gasteiger partial charge in [0.15, 0.2) is 0 Å². The molecule has 1 N–H and O–H groups in total. The van der Waals surface area contributed by atoms with Gasteiger partial charge in [0.1, 0.15) is 5.82 Å². The summed E-state index contributed by atoms with van der Waals surface area (Å²) in [6.07, 6.45) is 5.14. The lowest BCUT2D eigenvalue weighted by atomic mass is 10.1. The van der Waals surface area contributed by atoms with E-state index in [1.54, 1.807) is 0 Å². The Morgan fingerprint density at radius 3 is 2.30 bits per heavy atom. The third-order valence-corrected chi connectivity index (χ3v) is 4.13. The molecule has 0 aliphatic carbocycles. The van der Waals surface area contributed by atoms with E-state index in [2.05, 4.69) is 54.4 Å². The van der Waals surface area contributed by atoms with Gasteiger partial charge in [0.25, 0.3) is 0 Å². The Hall–Kier alpha value is -2.10. The van der Waals surface area contributed by atoms with Crippen molar-refractivity contribution in [3.8, 4) is 11.3 Å². The number of aromatic nitrogens is 2. The van der Waals surface area contributed by atoms with Gasteiger partial charge in [-0.15, -0.1) is 0 Å². The van der Waals surface area contributed by atoms with Crippen LogP contribution in [0.25, 0.3) is 11.3 Å². The topological polar surface area (TPSA) is 41.1 Å². The van der Waals surface area contributed by atoms with Crippen molar-refractivity contribution in [2.75, 3.05) is 23.3 Å². The summed E-state index contributed by atoms with van der Waals surface area (Å²) in [5.74, 6) is 1.77. The van der Waals surface area contributed by atoms with Gasteiger partial charge in [0, 0.05) is 30.8 Å². The van der Waals surface area contributed by atoms with Gasteiger partial charge in [-0.05, 0) is 26.7 Å². The molecule has 1 aliphatic rings. The van der Waals surface area contributed by atoms with Crippen LogP contribution in [0.2, 0.25) is 0 Å². The average molecular weight is 310 g/mol. The molecule has 0 spiro atoms. The van der Waals surface area contributed by atoms with Gasteiger partial charge in [-0.25, -0.2) is 4.98 Å². The van der Waals surface area contributed by atoms with E-state index in [4.69, 9.17) is 9.97 Å². The van der Waals surface area contributed by atoms with Crippen molar-refractivity contribution in [3.63, 3.8) is 0 Å². The highest BCUT2D eigenvalue weighted by Crippen LogP contribution is 2.25. The zero-order chi connectivity index (χ0) is 16.1. The van der Waals surface area contributed by atoms with E-state index < -0.39 is 0 Å². The molecule has 0 bridgehead atoms. The molecule has 3 rings (SSSR count). The van der Waals surface area contributed by atoms with Crippen LogP contribution in [0.15, 0.2) is 36.4 Å². The van der Waals surface area contributed by atoms with E-state index >= 15 is 0 Å². The van der Waals surface area contributed by atoms with Crippen LogP contribution in [0, 0.1) is 0 Å². The SMILES string of the molecule is CC(C)Nc1nc(-c2ccccc2)cc(N2CCCCCC2)n1. The first-order chi connectivity index (χ1) is 11.2. The van der Waals surface area contributed by atoms with Gasteiger partial charge in [-0.2, -0.15) is 4.98 Å². The number of nitrogens with one attached hydrogen (secondary N) is 1. The summed E-state index contributed by atoms with van der Waals surface area (Å²) in [5.41, 5.74) is 2.13. The number of hydrogen-bond acceptors (Lipinski definition) is 4. The van der Waals surface area contributed by atoms with Crippen LogP contribution in [-0.4, -0.2) is 29.1 Å². The van der Waals surface area contributed by atoms with Crippen molar-refractivity contribution in [2.45, 2.75) is 45.6 Å². The van der Waals surface area contributed by atoms with Crippen LogP contribution in [0.1, 0.15) is 39.5 Å². The van der Waals surface area contributed by atoms with Crippen molar-refractivity contribution in [1.29, 1.82) is 0 Å². The number of rotatable bonds is 4. The molecule has 1 aliphatic heterocycles. The molecule has 122 valence electrons. The van der Waals surface area contributed by atoms with Crippen LogP contribution in [-0.2, 0) is 0 Å². The Morgan fingerprint density at radius 1 is 0.957 bits per heavy atom. The normalized spacial score (nSPS) is 15.5. The highest BCUT2D eigenvalue weighted by molar-refractivity contribution is 5.64. The first kappa shape index (κ1) is 15.8. The number of benzene rings is 1. The largest absolute Gasteiger partial charge is 0.356 e. The molecule has 0 amide bonds. The minimum absolute atomic E-state index is 0.318. The third-order valence-electron chi connectivity index (χ3n) is 4.13. The van der Waals surface area contributed by atoms with Gasteiger partial charge in [-0.3, -0.25) is 0 Å². The average Bonchev–Trinajstić information content (AvgIpc) is 2.84. The lowest BCUT2D eigenvalue weighted by Crippen LogP contribution is -2.26. The fourth-order valence-electron chi connectivity index (χ4n) is 2.98. The van der Waals surface area contributed by atoms with Crippen LogP contribution in [0.3, 0.4) is 0 Å². The predicted molar refractivity (Wildman–Crippen MR) is 96.9 cm³/mol. The van der Waals surface area contributed by atoms with Gasteiger partial charge >= 0.3 is 0 Å². The van der Waals surface area contributed by atoms with Crippen LogP contribution >= 0.6 is 0 Å². The van der Waals surface area contributed by atoms with E-state index in [9.17, 15) is 0 Å². The Kier molecular flexibility index (Phi) is 5.11. The number of hydrogen-bond donors (Lipinski definition) is 1. The molecule has 1 fully saturated rings.